The molecule has 3 N–H and O–H groups in total. The van der Waals surface area contributed by atoms with Gasteiger partial charge in [-0.25, -0.2) is 4.79 Å². The second kappa shape index (κ2) is 11.2. The van der Waals surface area contributed by atoms with Crippen LogP contribution >= 0.6 is 11.8 Å². The standard InChI is InChI=1S/C27H40N2O6S/c1-26-10-9-23(35-25(33)28-18-5-4-6-19(15-18)34-3)27(2,17-30)22(26)8-7-21(31)20(26)16-24(32)29-11-13-36-14-12-29/h4-6,15,20-23,30-31H,7-14,16-17H2,1-3H3,(H,28,33). The van der Waals surface area contributed by atoms with Gasteiger partial charge < -0.3 is 24.6 Å². The number of methoxy groups -OCH3 is 1. The molecule has 2 amide bonds. The Balaban J connectivity index is 1.48. The van der Waals surface area contributed by atoms with Crippen molar-refractivity contribution in [1.29, 1.82) is 0 Å². The van der Waals surface area contributed by atoms with E-state index in [1.165, 1.54) is 0 Å². The van der Waals surface area contributed by atoms with Gasteiger partial charge in [-0.2, -0.15) is 11.8 Å². The molecule has 2 saturated carbocycles. The Bertz CT molecular complexity index is 941. The number of benzene rings is 1. The van der Waals surface area contributed by atoms with Crippen molar-refractivity contribution in [1.82, 2.24) is 4.90 Å². The Morgan fingerprint density at radius 2 is 1.94 bits per heavy atom. The average Bonchev–Trinajstić information content (AvgIpc) is 2.88. The molecule has 6 unspecified atom stereocenters. The molecule has 1 aromatic rings. The van der Waals surface area contributed by atoms with Crippen molar-refractivity contribution in [2.45, 2.75) is 58.2 Å². The van der Waals surface area contributed by atoms with Gasteiger partial charge >= 0.3 is 6.09 Å². The van der Waals surface area contributed by atoms with Crippen molar-refractivity contribution in [3.05, 3.63) is 24.3 Å². The zero-order chi connectivity index (χ0) is 25.9. The van der Waals surface area contributed by atoms with Crippen LogP contribution in [0.1, 0.15) is 46.0 Å². The van der Waals surface area contributed by atoms with Gasteiger partial charge in [-0.05, 0) is 55.1 Å². The number of aliphatic hydroxyl groups is 2. The maximum absolute atomic E-state index is 13.2. The molecule has 1 aromatic carbocycles. The van der Waals surface area contributed by atoms with Crippen molar-refractivity contribution < 1.29 is 29.3 Å². The molecular formula is C27H40N2O6S. The van der Waals surface area contributed by atoms with Crippen LogP contribution in [0.4, 0.5) is 10.5 Å². The van der Waals surface area contributed by atoms with Crippen molar-refractivity contribution in [2.24, 2.45) is 22.7 Å². The number of anilines is 1. The normalized spacial score (nSPS) is 34.4. The fourth-order valence-electron chi connectivity index (χ4n) is 6.89. The van der Waals surface area contributed by atoms with E-state index in [2.05, 4.69) is 12.2 Å². The van der Waals surface area contributed by atoms with Crippen LogP contribution in [0.25, 0.3) is 0 Å². The van der Waals surface area contributed by atoms with Crippen molar-refractivity contribution in [3.63, 3.8) is 0 Å². The highest BCUT2D eigenvalue weighted by atomic mass is 32.2. The van der Waals surface area contributed by atoms with Gasteiger partial charge in [0.05, 0.1) is 19.8 Å². The van der Waals surface area contributed by atoms with Gasteiger partial charge in [0.15, 0.2) is 0 Å². The minimum Gasteiger partial charge on any atom is -0.497 e. The molecular weight excluding hydrogens is 480 g/mol. The number of thioether (sulfide) groups is 1. The summed E-state index contributed by atoms with van der Waals surface area (Å²) in [6, 6.07) is 7.06. The number of ether oxygens (including phenoxy) is 2. The first-order valence-corrected chi connectivity index (χ1v) is 14.1. The van der Waals surface area contributed by atoms with E-state index < -0.39 is 23.7 Å². The zero-order valence-corrected chi connectivity index (χ0v) is 22.4. The maximum atomic E-state index is 13.2. The Morgan fingerprint density at radius 3 is 2.64 bits per heavy atom. The summed E-state index contributed by atoms with van der Waals surface area (Å²) in [5.74, 6) is 2.48. The first-order chi connectivity index (χ1) is 17.2. The Labute approximate surface area is 218 Å². The van der Waals surface area contributed by atoms with E-state index in [-0.39, 0.29) is 29.8 Å². The summed E-state index contributed by atoms with van der Waals surface area (Å²) in [5, 5.41) is 24.4. The highest BCUT2D eigenvalue weighted by Gasteiger charge is 2.60. The average molecular weight is 521 g/mol. The summed E-state index contributed by atoms with van der Waals surface area (Å²) in [7, 11) is 1.57. The molecule has 36 heavy (non-hydrogen) atoms. The van der Waals surface area contributed by atoms with Crippen LogP contribution in [-0.4, -0.2) is 77.6 Å². The molecule has 200 valence electrons. The maximum Gasteiger partial charge on any atom is 0.411 e. The van der Waals surface area contributed by atoms with Crippen LogP contribution in [0, 0.1) is 22.7 Å². The second-order valence-electron chi connectivity index (χ2n) is 11.0. The molecule has 0 bridgehead atoms. The molecule has 4 rings (SSSR count). The third-order valence-corrected chi connectivity index (χ3v) is 9.94. The van der Waals surface area contributed by atoms with E-state index in [9.17, 15) is 19.8 Å². The van der Waals surface area contributed by atoms with Gasteiger partial charge in [0.2, 0.25) is 5.91 Å². The van der Waals surface area contributed by atoms with Crippen LogP contribution in [0.2, 0.25) is 0 Å². The van der Waals surface area contributed by atoms with Gasteiger partial charge in [0.25, 0.3) is 0 Å². The van der Waals surface area contributed by atoms with E-state index in [4.69, 9.17) is 9.47 Å². The van der Waals surface area contributed by atoms with Crippen molar-refractivity contribution >= 4 is 29.4 Å². The number of rotatable bonds is 6. The molecule has 1 heterocycles. The number of hydrogen-bond donors (Lipinski definition) is 3. The highest BCUT2D eigenvalue weighted by Crippen LogP contribution is 2.61. The number of hydrogen-bond acceptors (Lipinski definition) is 7. The largest absolute Gasteiger partial charge is 0.497 e. The van der Waals surface area contributed by atoms with E-state index >= 15 is 0 Å². The minimum atomic E-state index is -0.679. The monoisotopic (exact) mass is 520 g/mol. The van der Waals surface area contributed by atoms with Gasteiger partial charge in [0, 0.05) is 48.2 Å². The lowest BCUT2D eigenvalue weighted by Crippen LogP contribution is -2.61. The summed E-state index contributed by atoms with van der Waals surface area (Å²) in [4.78, 5) is 27.9. The third kappa shape index (κ3) is 5.34. The van der Waals surface area contributed by atoms with Crippen LogP contribution in [0.5, 0.6) is 5.75 Å². The summed E-state index contributed by atoms with van der Waals surface area (Å²) in [6.45, 7) is 5.53. The predicted molar refractivity (Wildman–Crippen MR) is 140 cm³/mol. The molecule has 6 atom stereocenters. The van der Waals surface area contributed by atoms with Crippen LogP contribution < -0.4 is 10.1 Å². The molecule has 1 aliphatic heterocycles. The number of nitrogens with zero attached hydrogens (tertiary/aromatic N) is 1. The number of fused-ring (bicyclic) bond motifs is 1. The molecule has 0 radical (unpaired) electrons. The lowest BCUT2D eigenvalue weighted by Gasteiger charge is -2.60. The van der Waals surface area contributed by atoms with Gasteiger partial charge in [-0.1, -0.05) is 19.9 Å². The van der Waals surface area contributed by atoms with Crippen molar-refractivity contribution in [2.75, 3.05) is 43.6 Å². The summed E-state index contributed by atoms with van der Waals surface area (Å²) in [5.41, 5.74) is -0.443. The summed E-state index contributed by atoms with van der Waals surface area (Å²) in [6.07, 6.45) is 1.30. The number of nitrogens with one attached hydrogen (secondary N) is 1. The van der Waals surface area contributed by atoms with Gasteiger partial charge in [-0.3, -0.25) is 10.1 Å². The lowest BCUT2D eigenvalue weighted by atomic mass is 9.46. The Kier molecular flexibility index (Phi) is 8.42. The molecule has 3 fully saturated rings. The number of aliphatic hydroxyl groups excluding tert-OH is 2. The fourth-order valence-corrected chi connectivity index (χ4v) is 7.79. The van der Waals surface area contributed by atoms with Gasteiger partial charge in [-0.15, -0.1) is 0 Å². The van der Waals surface area contributed by atoms with E-state index in [0.717, 1.165) is 37.4 Å². The van der Waals surface area contributed by atoms with Crippen LogP contribution in [0.3, 0.4) is 0 Å². The number of carbonyl (C=O) groups is 2. The van der Waals surface area contributed by atoms with Crippen molar-refractivity contribution in [3.8, 4) is 5.75 Å². The quantitative estimate of drug-likeness (QED) is 0.524. The lowest BCUT2D eigenvalue weighted by molar-refractivity contribution is -0.186. The molecule has 1 saturated heterocycles. The predicted octanol–water partition coefficient (Wildman–Crippen LogP) is 3.76. The van der Waals surface area contributed by atoms with Gasteiger partial charge in [0.1, 0.15) is 11.9 Å². The molecule has 0 aromatic heterocycles. The zero-order valence-electron chi connectivity index (χ0n) is 21.6. The topological polar surface area (TPSA) is 108 Å². The van der Waals surface area contributed by atoms with Crippen LogP contribution in [-0.2, 0) is 9.53 Å². The molecule has 8 nitrogen and oxygen atoms in total. The summed E-state index contributed by atoms with van der Waals surface area (Å²) >= 11 is 1.87. The Morgan fingerprint density at radius 1 is 1.19 bits per heavy atom. The highest BCUT2D eigenvalue weighted by molar-refractivity contribution is 7.99. The smallest absolute Gasteiger partial charge is 0.411 e. The Hall–Kier alpha value is -1.97. The second-order valence-corrected chi connectivity index (χ2v) is 12.2. The summed E-state index contributed by atoms with van der Waals surface area (Å²) < 4.78 is 11.1. The minimum absolute atomic E-state index is 0.0106. The molecule has 2 aliphatic carbocycles. The SMILES string of the molecule is COc1cccc(NC(=O)OC2CCC3(C)C(CC(=O)N4CCSCC4)C(O)CCC3C2(C)CO)c1. The van der Waals surface area contributed by atoms with E-state index in [1.54, 1.807) is 31.4 Å². The number of amides is 2. The molecule has 9 heteroatoms. The first kappa shape index (κ1) is 27.1. The molecule has 3 aliphatic rings. The van der Waals surface area contributed by atoms with E-state index in [0.29, 0.717) is 30.7 Å². The first-order valence-electron chi connectivity index (χ1n) is 13.0. The van der Waals surface area contributed by atoms with E-state index in [1.807, 2.05) is 23.6 Å². The van der Waals surface area contributed by atoms with Crippen LogP contribution in [0.15, 0.2) is 24.3 Å². The fraction of sp³-hybridized carbons (Fsp3) is 0.704. The third-order valence-electron chi connectivity index (χ3n) is 9.00. The molecule has 0 spiro atoms. The number of carbonyl (C=O) groups excluding carboxylic acids is 2.